The first-order chi connectivity index (χ1) is 14.0. The van der Waals surface area contributed by atoms with E-state index in [9.17, 15) is 8.78 Å². The number of H-pyrrole nitrogens is 1. The number of ether oxygens (including phenoxy) is 1. The Balaban J connectivity index is 1.45. The Morgan fingerprint density at radius 2 is 1.83 bits per heavy atom. The number of nitrogens with zero attached hydrogens (tertiary/aromatic N) is 2. The van der Waals surface area contributed by atoms with Crippen molar-refractivity contribution in [1.29, 1.82) is 0 Å². The Morgan fingerprint density at radius 1 is 1.03 bits per heavy atom. The van der Waals surface area contributed by atoms with Gasteiger partial charge < -0.3 is 10.5 Å². The molecule has 0 spiro atoms. The normalized spacial score (nSPS) is 12.3. The maximum absolute atomic E-state index is 13.3. The van der Waals surface area contributed by atoms with Crippen LogP contribution in [0.15, 0.2) is 54.9 Å². The van der Waals surface area contributed by atoms with Crippen LogP contribution in [0.25, 0.3) is 22.0 Å². The number of hydrogen-bond donors (Lipinski definition) is 2. The molecule has 4 rings (SSSR count). The third-order valence-electron chi connectivity index (χ3n) is 4.68. The fourth-order valence-electron chi connectivity index (χ4n) is 3.27. The van der Waals surface area contributed by atoms with E-state index in [1.54, 1.807) is 12.4 Å². The van der Waals surface area contributed by atoms with Crippen molar-refractivity contribution in [2.24, 2.45) is 5.73 Å². The summed E-state index contributed by atoms with van der Waals surface area (Å²) in [6.07, 6.45) is 3.68. The number of nitrogens with one attached hydrogen (secondary N) is 1. The lowest BCUT2D eigenvalue weighted by Gasteiger charge is -2.14. The number of aromatic amines is 1. The molecule has 0 aliphatic heterocycles. The van der Waals surface area contributed by atoms with Gasteiger partial charge in [-0.3, -0.25) is 10.1 Å². The van der Waals surface area contributed by atoms with Crippen molar-refractivity contribution in [2.45, 2.75) is 19.4 Å². The lowest BCUT2D eigenvalue weighted by atomic mass is 10.0. The van der Waals surface area contributed by atoms with E-state index >= 15 is 0 Å². The minimum absolute atomic E-state index is 0.198. The number of rotatable bonds is 6. The molecule has 0 aliphatic rings. The quantitative estimate of drug-likeness (QED) is 0.515. The van der Waals surface area contributed by atoms with E-state index in [0.29, 0.717) is 17.7 Å². The molecule has 5 nitrogen and oxygen atoms in total. The Labute approximate surface area is 166 Å². The summed E-state index contributed by atoms with van der Waals surface area (Å²) in [5, 5.41) is 8.26. The molecule has 0 bridgehead atoms. The van der Waals surface area contributed by atoms with E-state index < -0.39 is 17.7 Å². The van der Waals surface area contributed by atoms with Gasteiger partial charge in [0.25, 0.3) is 0 Å². The minimum atomic E-state index is -0.616. The Kier molecular flexibility index (Phi) is 5.22. The monoisotopic (exact) mass is 394 g/mol. The van der Waals surface area contributed by atoms with Crippen LogP contribution in [0.1, 0.15) is 11.3 Å². The van der Waals surface area contributed by atoms with Gasteiger partial charge >= 0.3 is 0 Å². The summed E-state index contributed by atoms with van der Waals surface area (Å²) < 4.78 is 32.4. The van der Waals surface area contributed by atoms with E-state index in [4.69, 9.17) is 10.5 Å². The topological polar surface area (TPSA) is 76.8 Å². The lowest BCUT2D eigenvalue weighted by Crippen LogP contribution is -2.30. The minimum Gasteiger partial charge on any atom is -0.490 e. The summed E-state index contributed by atoms with van der Waals surface area (Å²) in [7, 11) is 0. The maximum atomic E-state index is 13.3. The fraction of sp³-hybridized carbons (Fsp3) is 0.182. The number of halogens is 2. The van der Waals surface area contributed by atoms with E-state index in [1.165, 1.54) is 12.1 Å². The van der Waals surface area contributed by atoms with Crippen LogP contribution in [0.2, 0.25) is 0 Å². The highest BCUT2D eigenvalue weighted by molar-refractivity contribution is 5.86. The molecular formula is C22H20F2N4O. The summed E-state index contributed by atoms with van der Waals surface area (Å²) in [5.41, 5.74) is 10.4. The average molecular weight is 394 g/mol. The molecule has 0 amide bonds. The van der Waals surface area contributed by atoms with Crippen LogP contribution in [0, 0.1) is 18.6 Å². The first-order valence-electron chi connectivity index (χ1n) is 9.21. The number of aromatic nitrogens is 3. The third kappa shape index (κ3) is 4.41. The SMILES string of the molecule is Cc1n[nH]c2ccc(-c3cncc(OC[C@@H](N)Cc4cc(F)cc(F)c4)c3)cc12. The number of nitrogens with two attached hydrogens (primary N) is 1. The number of benzene rings is 2. The number of hydrogen-bond acceptors (Lipinski definition) is 4. The van der Waals surface area contributed by atoms with Gasteiger partial charge in [0.15, 0.2) is 0 Å². The fourth-order valence-corrected chi connectivity index (χ4v) is 3.27. The van der Waals surface area contributed by atoms with Crippen molar-refractivity contribution >= 4 is 10.9 Å². The molecule has 0 radical (unpaired) electrons. The van der Waals surface area contributed by atoms with Gasteiger partial charge in [0.2, 0.25) is 0 Å². The molecule has 7 heteroatoms. The first-order valence-corrected chi connectivity index (χ1v) is 9.21. The maximum Gasteiger partial charge on any atom is 0.138 e. The molecule has 0 saturated carbocycles. The molecule has 0 aliphatic carbocycles. The van der Waals surface area contributed by atoms with Crippen molar-refractivity contribution in [1.82, 2.24) is 15.2 Å². The number of pyridine rings is 1. The molecule has 4 aromatic rings. The van der Waals surface area contributed by atoms with Crippen LogP contribution < -0.4 is 10.5 Å². The predicted molar refractivity (Wildman–Crippen MR) is 108 cm³/mol. The van der Waals surface area contributed by atoms with Gasteiger partial charge in [-0.15, -0.1) is 0 Å². The van der Waals surface area contributed by atoms with Crippen LogP contribution in [0.4, 0.5) is 8.78 Å². The van der Waals surface area contributed by atoms with Crippen molar-refractivity contribution in [2.75, 3.05) is 6.61 Å². The van der Waals surface area contributed by atoms with Gasteiger partial charge in [-0.1, -0.05) is 6.07 Å². The number of fused-ring (bicyclic) bond motifs is 1. The Bertz CT molecular complexity index is 1140. The predicted octanol–water partition coefficient (Wildman–Crippen LogP) is 4.16. The zero-order valence-corrected chi connectivity index (χ0v) is 15.8. The van der Waals surface area contributed by atoms with Gasteiger partial charge in [0, 0.05) is 29.3 Å². The molecule has 2 aromatic heterocycles. The Morgan fingerprint density at radius 3 is 2.62 bits per heavy atom. The highest BCUT2D eigenvalue weighted by atomic mass is 19.1. The molecule has 3 N–H and O–H groups in total. The summed E-state index contributed by atoms with van der Waals surface area (Å²) in [6, 6.07) is 10.9. The van der Waals surface area contributed by atoms with Crippen molar-refractivity contribution in [3.63, 3.8) is 0 Å². The summed E-state index contributed by atoms with van der Waals surface area (Å²) in [5.74, 6) is -0.655. The third-order valence-corrected chi connectivity index (χ3v) is 4.68. The second-order valence-electron chi connectivity index (χ2n) is 7.03. The smallest absolute Gasteiger partial charge is 0.138 e. The molecule has 0 fully saturated rings. The average Bonchev–Trinajstić information content (AvgIpc) is 3.06. The summed E-state index contributed by atoms with van der Waals surface area (Å²) >= 11 is 0. The molecular weight excluding hydrogens is 374 g/mol. The van der Waals surface area contributed by atoms with Gasteiger partial charge in [-0.05, 0) is 54.8 Å². The van der Waals surface area contributed by atoms with Crippen LogP contribution in [-0.4, -0.2) is 27.8 Å². The van der Waals surface area contributed by atoms with Crippen LogP contribution in [0.3, 0.4) is 0 Å². The van der Waals surface area contributed by atoms with Crippen LogP contribution >= 0.6 is 0 Å². The highest BCUT2D eigenvalue weighted by Crippen LogP contribution is 2.27. The first kappa shape index (κ1) is 19.0. The zero-order valence-electron chi connectivity index (χ0n) is 15.8. The van der Waals surface area contributed by atoms with Gasteiger partial charge in [-0.25, -0.2) is 8.78 Å². The lowest BCUT2D eigenvalue weighted by molar-refractivity contribution is 0.286. The zero-order chi connectivity index (χ0) is 20.4. The van der Waals surface area contributed by atoms with E-state index in [-0.39, 0.29) is 6.61 Å². The van der Waals surface area contributed by atoms with Crippen molar-refractivity contribution in [3.8, 4) is 16.9 Å². The van der Waals surface area contributed by atoms with Crippen LogP contribution in [0.5, 0.6) is 5.75 Å². The standard InChI is InChI=1S/C22H20F2N4O/c1-13-21-8-15(2-3-22(21)28-27-13)16-7-20(11-26-10-16)29-12-19(25)6-14-4-17(23)9-18(24)5-14/h2-5,7-11,19H,6,12,25H2,1H3,(H,27,28)/t19-/m0/s1. The highest BCUT2D eigenvalue weighted by Gasteiger charge is 2.10. The molecule has 2 aromatic carbocycles. The van der Waals surface area contributed by atoms with E-state index in [1.807, 2.05) is 25.1 Å². The molecule has 2 heterocycles. The second kappa shape index (κ2) is 7.97. The summed E-state index contributed by atoms with van der Waals surface area (Å²) in [6.45, 7) is 2.15. The second-order valence-corrected chi connectivity index (χ2v) is 7.03. The molecule has 1 atom stereocenters. The van der Waals surface area contributed by atoms with Gasteiger partial charge in [0.05, 0.1) is 17.4 Å². The molecule has 148 valence electrons. The van der Waals surface area contributed by atoms with Gasteiger partial charge in [-0.2, -0.15) is 5.10 Å². The molecule has 29 heavy (non-hydrogen) atoms. The largest absolute Gasteiger partial charge is 0.490 e. The van der Waals surface area contributed by atoms with E-state index in [2.05, 4.69) is 21.2 Å². The van der Waals surface area contributed by atoms with E-state index in [0.717, 1.165) is 33.8 Å². The van der Waals surface area contributed by atoms with Crippen LogP contribution in [-0.2, 0) is 6.42 Å². The van der Waals surface area contributed by atoms with Crippen molar-refractivity contribution in [3.05, 3.63) is 77.8 Å². The number of aryl methyl sites for hydroxylation is 1. The molecule has 0 saturated heterocycles. The van der Waals surface area contributed by atoms with Gasteiger partial charge in [0.1, 0.15) is 24.0 Å². The Hall–Kier alpha value is -3.32. The molecule has 0 unspecified atom stereocenters. The van der Waals surface area contributed by atoms with Crippen molar-refractivity contribution < 1.29 is 13.5 Å². The summed E-state index contributed by atoms with van der Waals surface area (Å²) in [4.78, 5) is 4.25.